The fourth-order valence-corrected chi connectivity index (χ4v) is 5.00. The minimum atomic E-state index is -3.55. The van der Waals surface area contributed by atoms with E-state index < -0.39 is 10.0 Å². The van der Waals surface area contributed by atoms with Crippen LogP contribution in [-0.4, -0.2) is 27.1 Å². The average Bonchev–Trinajstić information content (AvgIpc) is 3.12. The Morgan fingerprint density at radius 2 is 2.00 bits per heavy atom. The van der Waals surface area contributed by atoms with Crippen molar-refractivity contribution in [2.24, 2.45) is 0 Å². The highest BCUT2D eigenvalue weighted by atomic mass is 32.2. The van der Waals surface area contributed by atoms with E-state index in [1.165, 1.54) is 11.3 Å². The molecule has 1 aromatic carbocycles. The molecule has 0 unspecified atom stereocenters. The molecule has 26 heavy (non-hydrogen) atoms. The van der Waals surface area contributed by atoms with Crippen molar-refractivity contribution in [2.45, 2.75) is 24.0 Å². The summed E-state index contributed by atoms with van der Waals surface area (Å²) in [5, 5.41) is 0.840. The van der Waals surface area contributed by atoms with E-state index >= 15 is 0 Å². The van der Waals surface area contributed by atoms with E-state index in [2.05, 4.69) is 9.71 Å². The molecule has 0 amide bonds. The third-order valence-electron chi connectivity index (χ3n) is 4.07. The van der Waals surface area contributed by atoms with Crippen LogP contribution < -0.4 is 15.0 Å². The molecule has 0 spiro atoms. The first-order chi connectivity index (χ1) is 12.4. The van der Waals surface area contributed by atoms with Gasteiger partial charge in [-0.05, 0) is 49.2 Å². The Balaban J connectivity index is 1.74. The standard InChI is InChI=1S/C18H20N2O4S2/c1-3-15-5-7-17(25-15)26(22,23)19-9-8-12-10-13-11-14(24-2)4-6-16(13)20-18(12)21/h4-7,10-11,19H,3,8-9H2,1-2H3,(H,20,21). The lowest BCUT2D eigenvalue weighted by molar-refractivity contribution is 0.415. The van der Waals surface area contributed by atoms with Gasteiger partial charge in [-0.1, -0.05) is 6.92 Å². The molecular weight excluding hydrogens is 372 g/mol. The number of pyridine rings is 1. The molecule has 3 rings (SSSR count). The minimum Gasteiger partial charge on any atom is -0.497 e. The molecule has 0 aliphatic carbocycles. The van der Waals surface area contributed by atoms with Crippen LogP contribution in [0.5, 0.6) is 5.75 Å². The van der Waals surface area contributed by atoms with Crippen molar-refractivity contribution in [3.8, 4) is 5.75 Å². The molecule has 2 N–H and O–H groups in total. The van der Waals surface area contributed by atoms with Crippen LogP contribution >= 0.6 is 11.3 Å². The highest BCUT2D eigenvalue weighted by molar-refractivity contribution is 7.91. The molecule has 0 fully saturated rings. The second-order valence-corrected chi connectivity index (χ2v) is 8.96. The van der Waals surface area contributed by atoms with Crippen LogP contribution in [0.25, 0.3) is 10.9 Å². The van der Waals surface area contributed by atoms with Gasteiger partial charge in [0.05, 0.1) is 7.11 Å². The van der Waals surface area contributed by atoms with Gasteiger partial charge in [-0.3, -0.25) is 4.79 Å². The highest BCUT2D eigenvalue weighted by Crippen LogP contribution is 2.22. The second kappa shape index (κ2) is 7.61. The molecule has 0 bridgehead atoms. The number of rotatable bonds is 7. The second-order valence-electron chi connectivity index (χ2n) is 5.80. The van der Waals surface area contributed by atoms with Crippen LogP contribution in [0.1, 0.15) is 17.4 Å². The summed E-state index contributed by atoms with van der Waals surface area (Å²) in [6.07, 6.45) is 1.10. The summed E-state index contributed by atoms with van der Waals surface area (Å²) in [4.78, 5) is 16.0. The minimum absolute atomic E-state index is 0.153. The lowest BCUT2D eigenvalue weighted by Crippen LogP contribution is -2.27. The van der Waals surface area contributed by atoms with E-state index in [4.69, 9.17) is 4.74 Å². The van der Waals surface area contributed by atoms with Crippen molar-refractivity contribution < 1.29 is 13.2 Å². The molecule has 6 nitrogen and oxygen atoms in total. The molecule has 2 aromatic heterocycles. The van der Waals surface area contributed by atoms with Gasteiger partial charge in [0.1, 0.15) is 9.96 Å². The van der Waals surface area contributed by atoms with E-state index in [-0.39, 0.29) is 12.1 Å². The number of nitrogens with one attached hydrogen (secondary N) is 2. The topological polar surface area (TPSA) is 88.3 Å². The van der Waals surface area contributed by atoms with Crippen molar-refractivity contribution in [2.75, 3.05) is 13.7 Å². The van der Waals surface area contributed by atoms with Gasteiger partial charge in [-0.25, -0.2) is 13.1 Å². The van der Waals surface area contributed by atoms with Gasteiger partial charge in [0.25, 0.3) is 5.56 Å². The summed E-state index contributed by atoms with van der Waals surface area (Å²) in [5.74, 6) is 0.695. The Hall–Kier alpha value is -2.16. The molecular formula is C18H20N2O4S2. The average molecular weight is 393 g/mol. The summed E-state index contributed by atoms with van der Waals surface area (Å²) < 4.78 is 32.7. The number of hydrogen-bond donors (Lipinski definition) is 2. The summed E-state index contributed by atoms with van der Waals surface area (Å²) in [6, 6.07) is 10.6. The highest BCUT2D eigenvalue weighted by Gasteiger charge is 2.16. The van der Waals surface area contributed by atoms with Gasteiger partial charge in [0.2, 0.25) is 10.0 Å². The number of ether oxygens (including phenoxy) is 1. The summed E-state index contributed by atoms with van der Waals surface area (Å²) in [6.45, 7) is 2.14. The lowest BCUT2D eigenvalue weighted by atomic mass is 10.1. The largest absolute Gasteiger partial charge is 0.497 e. The molecule has 3 aromatic rings. The van der Waals surface area contributed by atoms with E-state index in [0.717, 1.165) is 16.7 Å². The first-order valence-electron chi connectivity index (χ1n) is 8.21. The first kappa shape index (κ1) is 18.6. The van der Waals surface area contributed by atoms with E-state index in [9.17, 15) is 13.2 Å². The normalized spacial score (nSPS) is 11.8. The monoisotopic (exact) mass is 392 g/mol. The Morgan fingerprint density at radius 1 is 1.19 bits per heavy atom. The number of aromatic amines is 1. The molecule has 0 saturated carbocycles. The fourth-order valence-electron chi connectivity index (χ4n) is 2.63. The number of hydrogen-bond acceptors (Lipinski definition) is 5. The summed E-state index contributed by atoms with van der Waals surface area (Å²) >= 11 is 1.26. The first-order valence-corrected chi connectivity index (χ1v) is 10.5. The van der Waals surface area contributed by atoms with Crippen molar-refractivity contribution in [1.82, 2.24) is 9.71 Å². The van der Waals surface area contributed by atoms with Gasteiger partial charge >= 0.3 is 0 Å². The van der Waals surface area contributed by atoms with Gasteiger partial charge in [0.15, 0.2) is 0 Å². The smallest absolute Gasteiger partial charge is 0.251 e. The number of thiophene rings is 1. The summed E-state index contributed by atoms with van der Waals surface area (Å²) in [5.41, 5.74) is 1.02. The number of fused-ring (bicyclic) bond motifs is 1. The van der Waals surface area contributed by atoms with Gasteiger partial charge in [0, 0.05) is 27.9 Å². The quantitative estimate of drug-likeness (QED) is 0.647. The van der Waals surface area contributed by atoms with E-state index in [1.54, 1.807) is 31.4 Å². The van der Waals surface area contributed by atoms with Crippen LogP contribution in [0, 0.1) is 0 Å². The van der Waals surface area contributed by atoms with Crippen molar-refractivity contribution in [1.29, 1.82) is 0 Å². The predicted octanol–water partition coefficient (Wildman–Crippen LogP) is 2.68. The zero-order valence-electron chi connectivity index (χ0n) is 14.5. The molecule has 0 aliphatic rings. The Bertz CT molecular complexity index is 1080. The number of H-pyrrole nitrogens is 1. The van der Waals surface area contributed by atoms with Crippen LogP contribution in [0.3, 0.4) is 0 Å². The van der Waals surface area contributed by atoms with Crippen LogP contribution in [0.15, 0.2) is 45.4 Å². The SMILES string of the molecule is CCc1ccc(S(=O)(=O)NCCc2cc3cc(OC)ccc3[nH]c2=O)s1. The van der Waals surface area contributed by atoms with E-state index in [1.807, 2.05) is 19.1 Å². The van der Waals surface area contributed by atoms with Gasteiger partial charge in [-0.2, -0.15) is 0 Å². The number of aryl methyl sites for hydroxylation is 1. The van der Waals surface area contributed by atoms with Gasteiger partial charge in [-0.15, -0.1) is 11.3 Å². The van der Waals surface area contributed by atoms with Crippen molar-refractivity contribution in [3.05, 3.63) is 57.2 Å². The third kappa shape index (κ3) is 3.98. The number of methoxy groups -OCH3 is 1. The van der Waals surface area contributed by atoms with Crippen LogP contribution in [0.2, 0.25) is 0 Å². The maximum atomic E-state index is 12.3. The Labute approximate surface area is 155 Å². The van der Waals surface area contributed by atoms with Crippen molar-refractivity contribution in [3.63, 3.8) is 0 Å². The molecule has 0 atom stereocenters. The zero-order chi connectivity index (χ0) is 18.7. The predicted molar refractivity (Wildman–Crippen MR) is 104 cm³/mol. The molecule has 0 saturated heterocycles. The Kier molecular flexibility index (Phi) is 5.45. The number of aromatic nitrogens is 1. The van der Waals surface area contributed by atoms with E-state index in [0.29, 0.717) is 27.5 Å². The number of benzene rings is 1. The lowest BCUT2D eigenvalue weighted by Gasteiger charge is -2.07. The zero-order valence-corrected chi connectivity index (χ0v) is 16.2. The maximum Gasteiger partial charge on any atom is 0.251 e. The maximum absolute atomic E-state index is 12.3. The van der Waals surface area contributed by atoms with Crippen LogP contribution in [0.4, 0.5) is 0 Å². The van der Waals surface area contributed by atoms with Crippen LogP contribution in [-0.2, 0) is 22.9 Å². The molecule has 138 valence electrons. The molecule has 0 radical (unpaired) electrons. The fraction of sp³-hybridized carbons (Fsp3) is 0.278. The van der Waals surface area contributed by atoms with Crippen molar-refractivity contribution >= 4 is 32.3 Å². The molecule has 2 heterocycles. The molecule has 8 heteroatoms. The van der Waals surface area contributed by atoms with Gasteiger partial charge < -0.3 is 9.72 Å². The molecule has 0 aliphatic heterocycles. The third-order valence-corrected chi connectivity index (χ3v) is 7.25. The Morgan fingerprint density at radius 3 is 2.69 bits per heavy atom. The number of sulfonamides is 1. The summed E-state index contributed by atoms with van der Waals surface area (Å²) in [7, 11) is -1.97.